The maximum absolute atomic E-state index is 17.5. The molecule has 55 heavy (non-hydrogen) atoms. The molecule has 0 radical (unpaired) electrons. The number of fused-ring (bicyclic) bond motifs is 2. The summed E-state index contributed by atoms with van der Waals surface area (Å²) in [6, 6.07) is 3.27. The van der Waals surface area contributed by atoms with E-state index < -0.39 is 41.5 Å². The average Bonchev–Trinajstić information content (AvgIpc) is 3.96. The van der Waals surface area contributed by atoms with Crippen LogP contribution in [0.25, 0.3) is 32.1 Å². The van der Waals surface area contributed by atoms with Crippen molar-refractivity contribution in [3.8, 4) is 29.0 Å². The number of nitrogen functional groups attached to an aromatic ring is 1. The summed E-state index contributed by atoms with van der Waals surface area (Å²) in [6.45, 7) is 5.49. The quantitative estimate of drug-likeness (QED) is 0.199. The minimum absolute atomic E-state index is 0.00520. The van der Waals surface area contributed by atoms with Crippen molar-refractivity contribution in [3.05, 3.63) is 46.0 Å². The van der Waals surface area contributed by atoms with Gasteiger partial charge in [-0.25, -0.2) is 22.9 Å². The third kappa shape index (κ3) is 5.62. The molecule has 5 aromatic rings. The number of ether oxygens (including phenoxy) is 2. The molecule has 2 N–H and O–H groups in total. The van der Waals surface area contributed by atoms with E-state index >= 15 is 8.78 Å². The molecule has 19 heteroatoms. The lowest BCUT2D eigenvalue weighted by molar-refractivity contribution is 0.107. The van der Waals surface area contributed by atoms with Crippen molar-refractivity contribution in [2.45, 2.75) is 69.4 Å². The van der Waals surface area contributed by atoms with Gasteiger partial charge in [-0.1, -0.05) is 17.7 Å². The Hall–Kier alpha value is -4.63. The molecule has 5 atom stereocenters. The number of aromatic nitrogens is 5. The Labute approximate surface area is 326 Å². The first-order valence-electron chi connectivity index (χ1n) is 17.9. The van der Waals surface area contributed by atoms with Gasteiger partial charge in [0.15, 0.2) is 11.6 Å². The molecule has 9 rings (SSSR count). The highest BCUT2D eigenvalue weighted by Crippen LogP contribution is 2.52. The molecule has 4 aliphatic rings. The predicted octanol–water partition coefficient (Wildman–Crippen LogP) is 6.82. The van der Waals surface area contributed by atoms with Crippen molar-refractivity contribution in [3.63, 3.8) is 0 Å². The molecule has 3 aromatic heterocycles. The van der Waals surface area contributed by atoms with Crippen molar-refractivity contribution >= 4 is 72.4 Å². The standard InChI is InChI=1S/C36H33Cl2F3N10O3S/c1-16-12-50(22-6-9-49(17(22)2)35(52)51-15-44-33(38)47-51)32-25-28(45-34(46-32)53-14-36-7-3-8-48(36)13-18(39)10-36)27(41)24(26(37)29(25)54-16)19-4-5-21(40)30-23(19)20(11-42)31(43)55-30/h4-5,15-18,22H,3,6-10,12-14,43H2,1-2H3/t16-,17+,18+,22+,36-/m0/s1. The number of nitrogens with zero attached hydrogens (tertiary/aromatic N) is 9. The fourth-order valence-electron chi connectivity index (χ4n) is 8.98. The Morgan fingerprint density at radius 3 is 2.78 bits per heavy atom. The zero-order valence-electron chi connectivity index (χ0n) is 29.5. The second-order valence-electron chi connectivity index (χ2n) is 14.6. The first kappa shape index (κ1) is 36.0. The third-order valence-electron chi connectivity index (χ3n) is 11.4. The van der Waals surface area contributed by atoms with Gasteiger partial charge in [0.1, 0.15) is 53.4 Å². The van der Waals surface area contributed by atoms with Gasteiger partial charge in [0, 0.05) is 30.5 Å². The second kappa shape index (κ2) is 13.2. The topological polar surface area (TPSA) is 152 Å². The van der Waals surface area contributed by atoms with Gasteiger partial charge < -0.3 is 25.0 Å². The lowest BCUT2D eigenvalue weighted by atomic mass is 9.95. The summed E-state index contributed by atoms with van der Waals surface area (Å²) in [5, 5.41) is 14.2. The monoisotopic (exact) mass is 812 g/mol. The minimum atomic E-state index is -0.995. The van der Waals surface area contributed by atoms with Crippen molar-refractivity contribution in [1.29, 1.82) is 5.26 Å². The normalized spacial score (nSPS) is 25.1. The van der Waals surface area contributed by atoms with Gasteiger partial charge in [0.25, 0.3) is 0 Å². The minimum Gasteiger partial charge on any atom is -0.486 e. The summed E-state index contributed by atoms with van der Waals surface area (Å²) >= 11 is 13.9. The second-order valence-corrected chi connectivity index (χ2v) is 16.4. The number of carbonyl (C=O) groups is 1. The van der Waals surface area contributed by atoms with Crippen LogP contribution >= 0.6 is 34.5 Å². The van der Waals surface area contributed by atoms with Crippen LogP contribution in [0, 0.1) is 23.0 Å². The van der Waals surface area contributed by atoms with E-state index in [4.69, 9.17) is 43.4 Å². The number of amides is 1. The predicted molar refractivity (Wildman–Crippen MR) is 201 cm³/mol. The van der Waals surface area contributed by atoms with E-state index in [1.165, 1.54) is 18.5 Å². The van der Waals surface area contributed by atoms with Crippen LogP contribution in [0.3, 0.4) is 0 Å². The number of benzene rings is 2. The molecule has 2 aromatic carbocycles. The van der Waals surface area contributed by atoms with Gasteiger partial charge in [-0.3, -0.25) is 4.90 Å². The molecule has 3 saturated heterocycles. The van der Waals surface area contributed by atoms with Gasteiger partial charge in [-0.15, -0.1) is 16.4 Å². The fourth-order valence-corrected chi connectivity index (χ4v) is 10.4. The molecule has 0 aliphatic carbocycles. The highest BCUT2D eigenvalue weighted by Gasteiger charge is 2.50. The van der Waals surface area contributed by atoms with E-state index in [-0.39, 0.29) is 89.8 Å². The first-order valence-corrected chi connectivity index (χ1v) is 19.4. The van der Waals surface area contributed by atoms with Gasteiger partial charge in [-0.2, -0.15) is 19.9 Å². The molecule has 0 unspecified atom stereocenters. The molecule has 0 spiro atoms. The van der Waals surface area contributed by atoms with E-state index in [2.05, 4.69) is 20.0 Å². The lowest BCUT2D eigenvalue weighted by Crippen LogP contribution is -2.49. The Morgan fingerprint density at radius 2 is 2.02 bits per heavy atom. The summed E-state index contributed by atoms with van der Waals surface area (Å²) in [7, 11) is 0. The molecule has 3 fully saturated rings. The van der Waals surface area contributed by atoms with E-state index in [1.807, 2.05) is 24.8 Å². The van der Waals surface area contributed by atoms with Crippen LogP contribution in [-0.4, -0.2) is 103 Å². The van der Waals surface area contributed by atoms with Crippen molar-refractivity contribution in [2.75, 3.05) is 43.4 Å². The van der Waals surface area contributed by atoms with Gasteiger partial charge in [0.05, 0.1) is 44.8 Å². The molecule has 0 saturated carbocycles. The zero-order valence-corrected chi connectivity index (χ0v) is 31.9. The molecule has 0 bridgehead atoms. The number of likely N-dealkylation sites (tertiary alicyclic amines) is 1. The molecule has 13 nitrogen and oxygen atoms in total. The van der Waals surface area contributed by atoms with Crippen LogP contribution in [0.1, 0.15) is 45.1 Å². The molecule has 4 aliphatic heterocycles. The average molecular weight is 814 g/mol. The van der Waals surface area contributed by atoms with E-state index in [1.54, 1.807) is 4.90 Å². The number of carbonyl (C=O) groups excluding carboxylic acids is 1. The third-order valence-corrected chi connectivity index (χ3v) is 13.0. The number of hydrogen-bond donors (Lipinski definition) is 1. The summed E-state index contributed by atoms with van der Waals surface area (Å²) < 4.78 is 61.4. The van der Waals surface area contributed by atoms with E-state index in [9.17, 15) is 14.4 Å². The Morgan fingerprint density at radius 1 is 1.20 bits per heavy atom. The largest absolute Gasteiger partial charge is 0.486 e. The van der Waals surface area contributed by atoms with Crippen LogP contribution in [0.4, 0.5) is 28.8 Å². The van der Waals surface area contributed by atoms with Crippen LogP contribution < -0.4 is 20.1 Å². The number of anilines is 2. The molecule has 1 amide bonds. The van der Waals surface area contributed by atoms with Crippen molar-refractivity contribution in [1.82, 2.24) is 34.5 Å². The summed E-state index contributed by atoms with van der Waals surface area (Å²) in [4.78, 5) is 32.6. The Kier molecular flexibility index (Phi) is 8.68. The lowest BCUT2D eigenvalue weighted by Gasteiger charge is -2.35. The van der Waals surface area contributed by atoms with Crippen LogP contribution in [-0.2, 0) is 0 Å². The van der Waals surface area contributed by atoms with Crippen LogP contribution in [0.2, 0.25) is 10.3 Å². The Bertz CT molecular complexity index is 2460. The van der Waals surface area contributed by atoms with Crippen LogP contribution in [0.5, 0.6) is 11.8 Å². The van der Waals surface area contributed by atoms with E-state index in [0.29, 0.717) is 25.9 Å². The maximum Gasteiger partial charge on any atom is 0.346 e. The summed E-state index contributed by atoms with van der Waals surface area (Å²) in [6.07, 6.45) is 2.14. The summed E-state index contributed by atoms with van der Waals surface area (Å²) in [5.74, 6) is -1.13. The molecule has 286 valence electrons. The first-order chi connectivity index (χ1) is 26.4. The van der Waals surface area contributed by atoms with Gasteiger partial charge in [0.2, 0.25) is 5.28 Å². The highest BCUT2D eigenvalue weighted by atomic mass is 35.5. The number of nitrogens with two attached hydrogens (primary N) is 1. The molecular weight excluding hydrogens is 780 g/mol. The number of hydrogen-bond acceptors (Lipinski definition) is 12. The number of halogens is 5. The van der Waals surface area contributed by atoms with E-state index in [0.717, 1.165) is 35.4 Å². The fraction of sp³-hybridized carbons (Fsp3) is 0.444. The molecule has 7 heterocycles. The van der Waals surface area contributed by atoms with Gasteiger partial charge >= 0.3 is 12.0 Å². The Balaban J connectivity index is 1.22. The van der Waals surface area contributed by atoms with Crippen LogP contribution in [0.15, 0.2) is 18.5 Å². The molecular formula is C36H33Cl2F3N10O3S. The number of rotatable bonds is 5. The number of alkyl halides is 1. The smallest absolute Gasteiger partial charge is 0.346 e. The highest BCUT2D eigenvalue weighted by molar-refractivity contribution is 7.23. The maximum atomic E-state index is 17.5. The zero-order chi connectivity index (χ0) is 38.5. The van der Waals surface area contributed by atoms with Crippen molar-refractivity contribution in [2.24, 2.45) is 0 Å². The van der Waals surface area contributed by atoms with Crippen molar-refractivity contribution < 1.29 is 27.4 Å². The number of nitriles is 1. The summed E-state index contributed by atoms with van der Waals surface area (Å²) in [5.41, 5.74) is 5.38. The SMILES string of the molecule is C[C@@H]1[C@H](N2C[C@H](C)Oc3c(Cl)c(-c4ccc(F)c5sc(N)c(C#N)c45)c(F)c4nc(OC[C@@]56CCCN5C[C@H](F)C6)nc2c34)CCN1C(=O)n1cnc(Cl)n1. The number of thiophene rings is 1. The van der Waals surface area contributed by atoms with Gasteiger partial charge in [-0.05, 0) is 62.9 Å².